The Kier molecular flexibility index (Phi) is 11.0. The Morgan fingerprint density at radius 1 is 0.810 bits per heavy atom. The molecule has 0 unspecified atom stereocenters. The topological polar surface area (TPSA) is 51.3 Å². The van der Waals surface area contributed by atoms with Crippen LogP contribution in [0.1, 0.15) is 30.9 Å². The third-order valence-electron chi connectivity index (χ3n) is 8.65. The molecule has 3 aromatic rings. The highest BCUT2D eigenvalue weighted by molar-refractivity contribution is 5.91. The molecule has 2 fully saturated rings. The zero-order valence-corrected chi connectivity index (χ0v) is 25.4. The molecule has 42 heavy (non-hydrogen) atoms. The molecule has 5 rings (SSSR count). The van der Waals surface area contributed by atoms with Crippen LogP contribution >= 0.6 is 0 Å². The number of likely N-dealkylation sites (tertiary alicyclic amines) is 1. The average Bonchev–Trinajstić information content (AvgIpc) is 3.03. The molecule has 2 saturated heterocycles. The van der Waals surface area contributed by atoms with Crippen molar-refractivity contribution in [1.29, 1.82) is 0 Å². The number of nitrogens with one attached hydrogen (secondary N) is 1. The van der Waals surface area contributed by atoms with Crippen LogP contribution < -0.4 is 5.32 Å². The largest absolute Gasteiger partial charge is 0.446 e. The Morgan fingerprint density at radius 3 is 2.17 bits per heavy atom. The number of amides is 1. The monoisotopic (exact) mass is 569 g/mol. The molecule has 1 amide bonds. The highest BCUT2D eigenvalue weighted by Gasteiger charge is 2.23. The summed E-state index contributed by atoms with van der Waals surface area (Å²) in [5, 5.41) is 2.97. The number of para-hydroxylation sites is 1. The van der Waals surface area contributed by atoms with Crippen LogP contribution in [0.3, 0.4) is 0 Å². The molecular formula is C35H47N5O2. The van der Waals surface area contributed by atoms with E-state index in [2.05, 4.69) is 63.2 Å². The maximum Gasteiger partial charge on any atom is 0.411 e. The van der Waals surface area contributed by atoms with Crippen molar-refractivity contribution in [2.45, 2.75) is 39.0 Å². The molecule has 0 radical (unpaired) electrons. The van der Waals surface area contributed by atoms with Crippen LogP contribution in [0.15, 0.2) is 78.9 Å². The van der Waals surface area contributed by atoms with Crippen LogP contribution in [0.4, 0.5) is 10.5 Å². The molecule has 2 aliphatic rings. The number of carbonyl (C=O) groups excluding carboxylic acids is 1. The number of ether oxygens (including phenoxy) is 1. The SMILES string of the molecule is CCN1CCN(Cc2ccc(CN(C)CCN3CCC(OC(=O)Nc4ccccc4-c4ccccc4)CC3)cc2)CC1. The molecule has 224 valence electrons. The van der Waals surface area contributed by atoms with Crippen LogP contribution in [-0.2, 0) is 17.8 Å². The Morgan fingerprint density at radius 2 is 1.45 bits per heavy atom. The zero-order chi connectivity index (χ0) is 29.1. The molecule has 0 atom stereocenters. The van der Waals surface area contributed by atoms with Crippen molar-refractivity contribution in [3.05, 3.63) is 90.0 Å². The van der Waals surface area contributed by atoms with E-state index in [9.17, 15) is 4.79 Å². The summed E-state index contributed by atoms with van der Waals surface area (Å²) >= 11 is 0. The second kappa shape index (κ2) is 15.3. The Labute approximate surface area is 252 Å². The second-order valence-corrected chi connectivity index (χ2v) is 11.7. The zero-order valence-electron chi connectivity index (χ0n) is 25.4. The summed E-state index contributed by atoms with van der Waals surface area (Å²) in [6, 6.07) is 27.1. The van der Waals surface area contributed by atoms with Gasteiger partial charge in [0.05, 0.1) is 5.69 Å². The van der Waals surface area contributed by atoms with Crippen molar-refractivity contribution >= 4 is 11.8 Å². The number of hydrogen-bond donors (Lipinski definition) is 1. The molecule has 0 spiro atoms. The number of carbonyl (C=O) groups is 1. The molecule has 1 N–H and O–H groups in total. The average molecular weight is 570 g/mol. The van der Waals surface area contributed by atoms with Gasteiger partial charge in [-0.25, -0.2) is 4.79 Å². The first-order valence-electron chi connectivity index (χ1n) is 15.6. The van der Waals surface area contributed by atoms with E-state index in [-0.39, 0.29) is 12.2 Å². The number of piperidine rings is 1. The summed E-state index contributed by atoms with van der Waals surface area (Å²) in [4.78, 5) is 22.7. The van der Waals surface area contributed by atoms with E-state index in [0.29, 0.717) is 0 Å². The first-order valence-corrected chi connectivity index (χ1v) is 15.6. The molecule has 7 nitrogen and oxygen atoms in total. The van der Waals surface area contributed by atoms with E-state index in [1.807, 2.05) is 54.6 Å². The third-order valence-corrected chi connectivity index (χ3v) is 8.65. The molecule has 2 aliphatic heterocycles. The van der Waals surface area contributed by atoms with Crippen molar-refractivity contribution in [1.82, 2.24) is 19.6 Å². The van der Waals surface area contributed by atoms with Crippen LogP contribution in [0.2, 0.25) is 0 Å². The molecule has 0 aliphatic carbocycles. The number of rotatable bonds is 11. The van der Waals surface area contributed by atoms with Gasteiger partial charge in [-0.15, -0.1) is 0 Å². The van der Waals surface area contributed by atoms with Gasteiger partial charge in [-0.2, -0.15) is 0 Å². The second-order valence-electron chi connectivity index (χ2n) is 11.7. The lowest BCUT2D eigenvalue weighted by molar-refractivity contribution is 0.0563. The minimum atomic E-state index is -0.373. The van der Waals surface area contributed by atoms with Gasteiger partial charge in [0.2, 0.25) is 0 Å². The van der Waals surface area contributed by atoms with Gasteiger partial charge < -0.3 is 19.4 Å². The maximum atomic E-state index is 12.7. The summed E-state index contributed by atoms with van der Waals surface area (Å²) in [5.41, 5.74) is 5.61. The highest BCUT2D eigenvalue weighted by atomic mass is 16.6. The number of likely N-dealkylation sites (N-methyl/N-ethyl adjacent to an activating group) is 2. The van der Waals surface area contributed by atoms with Crippen molar-refractivity contribution in [2.75, 3.05) is 71.3 Å². The van der Waals surface area contributed by atoms with E-state index in [1.54, 1.807) is 0 Å². The van der Waals surface area contributed by atoms with Crippen molar-refractivity contribution in [3.8, 4) is 11.1 Å². The van der Waals surface area contributed by atoms with Gasteiger partial charge >= 0.3 is 6.09 Å². The first-order chi connectivity index (χ1) is 20.6. The standard InChI is InChI=1S/C35H47N5O2/c1-3-38-23-25-40(26-24-38)28-30-15-13-29(14-16-30)27-37(2)21-22-39-19-17-32(18-20-39)42-35(41)36-34-12-8-7-11-33(34)31-9-5-4-6-10-31/h4-16,32H,3,17-28H2,1-2H3,(H,36,41). The molecule has 7 heteroatoms. The fourth-order valence-corrected chi connectivity index (χ4v) is 5.98. The molecule has 0 saturated carbocycles. The van der Waals surface area contributed by atoms with Crippen LogP contribution in [0.25, 0.3) is 11.1 Å². The van der Waals surface area contributed by atoms with Gasteiger partial charge in [-0.3, -0.25) is 10.2 Å². The lowest BCUT2D eigenvalue weighted by Gasteiger charge is -2.34. The van der Waals surface area contributed by atoms with E-state index in [4.69, 9.17) is 4.74 Å². The lowest BCUT2D eigenvalue weighted by atomic mass is 10.0. The highest BCUT2D eigenvalue weighted by Crippen LogP contribution is 2.28. The van der Waals surface area contributed by atoms with Crippen molar-refractivity contribution < 1.29 is 9.53 Å². The summed E-state index contributed by atoms with van der Waals surface area (Å²) < 4.78 is 5.81. The van der Waals surface area contributed by atoms with Crippen LogP contribution in [0, 0.1) is 0 Å². The number of benzene rings is 3. The molecule has 0 aromatic heterocycles. The molecular weight excluding hydrogens is 522 g/mol. The lowest BCUT2D eigenvalue weighted by Crippen LogP contribution is -2.45. The fraction of sp³-hybridized carbons (Fsp3) is 0.457. The van der Waals surface area contributed by atoms with Crippen molar-refractivity contribution in [3.63, 3.8) is 0 Å². The third kappa shape index (κ3) is 8.88. The fourth-order valence-electron chi connectivity index (χ4n) is 5.98. The minimum absolute atomic E-state index is 0.0445. The summed E-state index contributed by atoms with van der Waals surface area (Å²) in [6.45, 7) is 14.1. The van der Waals surface area contributed by atoms with Gasteiger partial charge in [0.1, 0.15) is 6.10 Å². The number of nitrogens with zero attached hydrogens (tertiary/aromatic N) is 4. The van der Waals surface area contributed by atoms with E-state index in [0.717, 1.165) is 88.6 Å². The van der Waals surface area contributed by atoms with Crippen molar-refractivity contribution in [2.24, 2.45) is 0 Å². The molecule has 0 bridgehead atoms. The van der Waals surface area contributed by atoms with Gasteiger partial charge in [0.25, 0.3) is 0 Å². The summed E-state index contributed by atoms with van der Waals surface area (Å²) in [6.07, 6.45) is 1.32. The molecule has 2 heterocycles. The first kappa shape index (κ1) is 30.2. The van der Waals surface area contributed by atoms with Gasteiger partial charge in [-0.1, -0.05) is 79.7 Å². The van der Waals surface area contributed by atoms with E-state index >= 15 is 0 Å². The van der Waals surface area contributed by atoms with Crippen LogP contribution in [0.5, 0.6) is 0 Å². The normalized spacial score (nSPS) is 17.4. The van der Waals surface area contributed by atoms with E-state index < -0.39 is 0 Å². The maximum absolute atomic E-state index is 12.7. The summed E-state index contributed by atoms with van der Waals surface area (Å²) in [5.74, 6) is 0. The predicted molar refractivity (Wildman–Crippen MR) is 172 cm³/mol. The quantitative estimate of drug-likeness (QED) is 0.323. The van der Waals surface area contributed by atoms with Gasteiger partial charge in [-0.05, 0) is 49.2 Å². The number of hydrogen-bond acceptors (Lipinski definition) is 6. The van der Waals surface area contributed by atoms with Crippen LogP contribution in [-0.4, -0.2) is 97.7 Å². The van der Waals surface area contributed by atoms with E-state index in [1.165, 1.54) is 24.2 Å². The smallest absolute Gasteiger partial charge is 0.411 e. The Bertz CT molecular complexity index is 1240. The van der Waals surface area contributed by atoms with Gasteiger partial charge in [0, 0.05) is 71.0 Å². The Hall–Kier alpha value is -3.23. The minimum Gasteiger partial charge on any atom is -0.446 e. The number of anilines is 1. The molecule has 3 aromatic carbocycles. The number of piperazine rings is 1. The van der Waals surface area contributed by atoms with Gasteiger partial charge in [0.15, 0.2) is 0 Å². The summed E-state index contributed by atoms with van der Waals surface area (Å²) in [7, 11) is 2.20. The Balaban J connectivity index is 0.988. The predicted octanol–water partition coefficient (Wildman–Crippen LogP) is 5.64.